The Kier molecular flexibility index (Phi) is 6.74. The number of benzene rings is 2. The van der Waals surface area contributed by atoms with Crippen LogP contribution in [0.3, 0.4) is 0 Å². The van der Waals surface area contributed by atoms with Gasteiger partial charge in [-0.1, -0.05) is 60.7 Å². The number of likely N-dealkylation sites (N-methyl/N-ethyl adjacent to an activating group) is 2. The van der Waals surface area contributed by atoms with Gasteiger partial charge in [0.05, 0.1) is 0 Å². The molecule has 0 aromatic heterocycles. The molecule has 4 N–H and O–H groups in total. The fourth-order valence-corrected chi connectivity index (χ4v) is 3.19. The van der Waals surface area contributed by atoms with Gasteiger partial charge in [-0.15, -0.1) is 0 Å². The van der Waals surface area contributed by atoms with Gasteiger partial charge in [-0.2, -0.15) is 0 Å². The largest absolute Gasteiger partial charge is 0.334 e. The molecule has 6 amide bonds. The molecule has 2 aromatic rings. The van der Waals surface area contributed by atoms with Gasteiger partial charge in [0.2, 0.25) is 0 Å². The summed E-state index contributed by atoms with van der Waals surface area (Å²) in [5.74, 6) is 0. The van der Waals surface area contributed by atoms with E-state index in [1.165, 1.54) is 9.80 Å². The van der Waals surface area contributed by atoms with Crippen molar-refractivity contribution in [2.24, 2.45) is 0 Å². The van der Waals surface area contributed by atoms with E-state index in [0.717, 1.165) is 11.1 Å². The van der Waals surface area contributed by atoms with E-state index < -0.39 is 24.4 Å². The molecular formula is C21H26N6O3. The van der Waals surface area contributed by atoms with Crippen molar-refractivity contribution in [1.82, 2.24) is 31.1 Å². The van der Waals surface area contributed by atoms with Crippen molar-refractivity contribution in [2.75, 3.05) is 14.1 Å². The first-order valence-corrected chi connectivity index (χ1v) is 9.62. The van der Waals surface area contributed by atoms with E-state index in [4.69, 9.17) is 0 Å². The summed E-state index contributed by atoms with van der Waals surface area (Å²) in [7, 11) is 3.15. The minimum absolute atomic E-state index is 0.309. The number of hydrogen-bond acceptors (Lipinski definition) is 3. The maximum absolute atomic E-state index is 12.4. The first-order valence-electron chi connectivity index (χ1n) is 9.62. The van der Waals surface area contributed by atoms with Crippen molar-refractivity contribution < 1.29 is 14.4 Å². The second-order valence-corrected chi connectivity index (χ2v) is 7.02. The number of nitrogens with one attached hydrogen (secondary N) is 4. The van der Waals surface area contributed by atoms with E-state index in [-0.39, 0.29) is 6.03 Å². The fourth-order valence-electron chi connectivity index (χ4n) is 3.19. The van der Waals surface area contributed by atoms with E-state index in [2.05, 4.69) is 21.3 Å². The first kappa shape index (κ1) is 21.0. The zero-order valence-electron chi connectivity index (χ0n) is 17.0. The van der Waals surface area contributed by atoms with Gasteiger partial charge in [0.15, 0.2) is 0 Å². The highest BCUT2D eigenvalue weighted by Gasteiger charge is 2.43. The molecule has 9 nitrogen and oxygen atoms in total. The molecule has 1 aliphatic heterocycles. The highest BCUT2D eigenvalue weighted by atomic mass is 16.2. The van der Waals surface area contributed by atoms with Crippen molar-refractivity contribution in [1.29, 1.82) is 0 Å². The molecule has 0 radical (unpaired) electrons. The topological polar surface area (TPSA) is 106 Å². The Morgan fingerprint density at radius 2 is 1.10 bits per heavy atom. The summed E-state index contributed by atoms with van der Waals surface area (Å²) in [6.07, 6.45) is -1.44. The minimum atomic E-state index is -0.722. The molecule has 0 bridgehead atoms. The Hall–Kier alpha value is -3.75. The molecule has 30 heavy (non-hydrogen) atoms. The Bertz CT molecular complexity index is 805. The highest BCUT2D eigenvalue weighted by molar-refractivity contribution is 5.82. The lowest BCUT2D eigenvalue weighted by Gasteiger charge is -2.27. The molecule has 1 saturated heterocycles. The predicted octanol–water partition coefficient (Wildman–Crippen LogP) is 1.63. The van der Waals surface area contributed by atoms with Gasteiger partial charge in [0, 0.05) is 27.2 Å². The number of amides is 6. The number of hydrogen-bond donors (Lipinski definition) is 4. The van der Waals surface area contributed by atoms with Crippen LogP contribution in [0, 0.1) is 0 Å². The summed E-state index contributed by atoms with van der Waals surface area (Å²) < 4.78 is 0. The van der Waals surface area contributed by atoms with Crippen molar-refractivity contribution in [2.45, 2.75) is 25.4 Å². The Morgan fingerprint density at radius 3 is 1.47 bits per heavy atom. The maximum atomic E-state index is 12.4. The van der Waals surface area contributed by atoms with Crippen molar-refractivity contribution in [3.8, 4) is 0 Å². The van der Waals surface area contributed by atoms with Gasteiger partial charge >= 0.3 is 18.1 Å². The molecule has 1 aliphatic rings. The summed E-state index contributed by atoms with van der Waals surface area (Å²) in [5, 5.41) is 11.0. The van der Waals surface area contributed by atoms with Crippen LogP contribution in [0.2, 0.25) is 0 Å². The summed E-state index contributed by atoms with van der Waals surface area (Å²) in [6, 6.07) is 17.8. The molecule has 158 valence electrons. The second-order valence-electron chi connectivity index (χ2n) is 7.02. The lowest BCUT2D eigenvalue weighted by atomic mass is 10.2. The Morgan fingerprint density at radius 1 is 0.733 bits per heavy atom. The van der Waals surface area contributed by atoms with Gasteiger partial charge in [0.25, 0.3) is 0 Å². The van der Waals surface area contributed by atoms with Crippen LogP contribution >= 0.6 is 0 Å². The third kappa shape index (κ3) is 5.19. The normalized spacial score (nSPS) is 18.1. The summed E-state index contributed by atoms with van der Waals surface area (Å²) in [4.78, 5) is 39.8. The van der Waals surface area contributed by atoms with Gasteiger partial charge < -0.3 is 31.1 Å². The molecule has 0 spiro atoms. The summed E-state index contributed by atoms with van der Waals surface area (Å²) in [5.41, 5.74) is 1.91. The Labute approximate surface area is 175 Å². The lowest BCUT2D eigenvalue weighted by Crippen LogP contribution is -2.59. The van der Waals surface area contributed by atoms with E-state index in [1.807, 2.05) is 60.7 Å². The fraction of sp³-hybridized carbons (Fsp3) is 0.286. The van der Waals surface area contributed by atoms with E-state index in [0.29, 0.717) is 13.1 Å². The van der Waals surface area contributed by atoms with E-state index in [1.54, 1.807) is 14.1 Å². The molecule has 0 saturated carbocycles. The third-order valence-corrected chi connectivity index (χ3v) is 4.89. The molecule has 9 heteroatoms. The molecule has 2 atom stereocenters. The third-order valence-electron chi connectivity index (χ3n) is 4.89. The summed E-state index contributed by atoms with van der Waals surface area (Å²) >= 11 is 0. The van der Waals surface area contributed by atoms with Crippen molar-refractivity contribution in [3.05, 3.63) is 71.8 Å². The summed E-state index contributed by atoms with van der Waals surface area (Å²) in [6.45, 7) is 0.700. The van der Waals surface area contributed by atoms with Crippen LogP contribution in [0.1, 0.15) is 11.1 Å². The SMILES string of the molecule is CN1C(=O)N(C)[C@@H](NC(=O)NCc2ccccc2)[C@@H]1NC(=O)NCc1ccccc1. The number of carbonyl (C=O) groups is 3. The van der Waals surface area contributed by atoms with Crippen LogP contribution in [0.5, 0.6) is 0 Å². The van der Waals surface area contributed by atoms with Crippen LogP contribution in [0.4, 0.5) is 14.4 Å². The smallest absolute Gasteiger partial charge is 0.323 e. The molecule has 3 rings (SSSR count). The second kappa shape index (κ2) is 9.64. The van der Waals surface area contributed by atoms with E-state index in [9.17, 15) is 14.4 Å². The molecule has 0 unspecified atom stereocenters. The first-order chi connectivity index (χ1) is 14.5. The van der Waals surface area contributed by atoms with Gasteiger partial charge in [-0.05, 0) is 11.1 Å². The van der Waals surface area contributed by atoms with Crippen LogP contribution in [-0.2, 0) is 13.1 Å². The van der Waals surface area contributed by atoms with E-state index >= 15 is 0 Å². The highest BCUT2D eigenvalue weighted by Crippen LogP contribution is 2.16. The number of urea groups is 3. The molecule has 1 heterocycles. The van der Waals surface area contributed by atoms with Gasteiger partial charge in [0.1, 0.15) is 12.3 Å². The van der Waals surface area contributed by atoms with Crippen LogP contribution in [0.25, 0.3) is 0 Å². The van der Waals surface area contributed by atoms with Gasteiger partial charge in [-0.3, -0.25) is 0 Å². The average molecular weight is 410 g/mol. The average Bonchev–Trinajstić information content (AvgIpc) is 2.96. The quantitative estimate of drug-likeness (QED) is 0.582. The minimum Gasteiger partial charge on any atom is -0.334 e. The van der Waals surface area contributed by atoms with Crippen molar-refractivity contribution >= 4 is 18.1 Å². The van der Waals surface area contributed by atoms with Crippen LogP contribution in [-0.4, -0.2) is 54.3 Å². The predicted molar refractivity (Wildman–Crippen MR) is 112 cm³/mol. The monoisotopic (exact) mass is 410 g/mol. The maximum Gasteiger partial charge on any atom is 0.323 e. The number of rotatable bonds is 6. The number of carbonyl (C=O) groups excluding carboxylic acids is 3. The molecule has 2 aromatic carbocycles. The molecule has 0 aliphatic carbocycles. The van der Waals surface area contributed by atoms with Crippen molar-refractivity contribution in [3.63, 3.8) is 0 Å². The van der Waals surface area contributed by atoms with Crippen LogP contribution in [0.15, 0.2) is 60.7 Å². The zero-order valence-corrected chi connectivity index (χ0v) is 17.0. The number of nitrogens with zero attached hydrogens (tertiary/aromatic N) is 2. The molecular weight excluding hydrogens is 384 g/mol. The van der Waals surface area contributed by atoms with Crippen LogP contribution < -0.4 is 21.3 Å². The molecule has 1 fully saturated rings. The lowest BCUT2D eigenvalue weighted by molar-refractivity contribution is 0.193. The standard InChI is InChI=1S/C21H26N6O3/c1-26-17(24-19(28)22-13-15-9-5-3-6-10-15)18(27(2)21(26)30)25-20(29)23-14-16-11-7-4-8-12-16/h3-12,17-18H,13-14H2,1-2H3,(H2,22,24,28)(H2,23,25,29)/t17-,18-/m1/s1. The zero-order chi connectivity index (χ0) is 21.5. The Balaban J connectivity index is 1.56. The van der Waals surface area contributed by atoms with Gasteiger partial charge in [-0.25, -0.2) is 14.4 Å².